The van der Waals surface area contributed by atoms with E-state index in [2.05, 4.69) is 294 Å². The van der Waals surface area contributed by atoms with Gasteiger partial charge in [-0.05, 0) is 113 Å². The molecule has 0 unspecified atom stereocenters. The molecule has 0 bridgehead atoms. The highest BCUT2D eigenvalue weighted by Gasteiger charge is 2.50. The minimum atomic E-state index is -3.14. The average Bonchev–Trinajstić information content (AvgIpc) is 3.51. The number of anilines is 6. The maximum atomic E-state index is 11.3. The molecule has 76 heavy (non-hydrogen) atoms. The van der Waals surface area contributed by atoms with E-state index in [4.69, 9.17) is 6.57 Å². The molecular weight excluding hydrogens is 974 g/mol. The SMILES string of the molecule is [C-]#[N+]C1=P(c2ccc(N3c4ccccc4[Si](c4ccccc4)(c4ccccc4)c4ccccc43)cc2)(c2ccc(N3c4ccccc4[Si](c4ccccc4)(c4ccccc4)c4ccccc43)cc2)C(C#N)=CC(C#N)=C1. The van der Waals surface area contributed by atoms with E-state index in [1.54, 1.807) is 12.2 Å². The van der Waals surface area contributed by atoms with E-state index in [1.165, 1.54) is 41.5 Å². The van der Waals surface area contributed by atoms with E-state index in [-0.39, 0.29) is 0 Å². The Hall–Kier alpha value is -9.52. The Bertz CT molecular complexity index is 3750. The van der Waals surface area contributed by atoms with Crippen LogP contribution in [0, 0.1) is 29.2 Å². The topological polar surface area (TPSA) is 58.4 Å². The third kappa shape index (κ3) is 6.73. The summed E-state index contributed by atoms with van der Waals surface area (Å²) in [5.74, 6) is 0. The van der Waals surface area contributed by atoms with Crippen LogP contribution in [-0.2, 0) is 0 Å². The van der Waals surface area contributed by atoms with Crippen molar-refractivity contribution in [3.63, 3.8) is 0 Å². The van der Waals surface area contributed by atoms with Crippen LogP contribution < -0.4 is 61.9 Å². The summed E-state index contributed by atoms with van der Waals surface area (Å²) in [4.78, 5) is 8.98. The highest BCUT2D eigenvalue weighted by atomic mass is 31.2. The maximum Gasteiger partial charge on any atom is 0.196 e. The molecule has 356 valence electrons. The van der Waals surface area contributed by atoms with E-state index >= 15 is 0 Å². The zero-order chi connectivity index (χ0) is 51.3. The van der Waals surface area contributed by atoms with Crippen molar-refractivity contribution in [3.8, 4) is 12.1 Å². The van der Waals surface area contributed by atoms with Crippen molar-refractivity contribution in [1.82, 2.24) is 0 Å². The van der Waals surface area contributed by atoms with Crippen molar-refractivity contribution in [2.75, 3.05) is 9.80 Å². The number of nitrogens with zero attached hydrogens (tertiary/aromatic N) is 5. The average molecular weight is 1020 g/mol. The largest absolute Gasteiger partial charge is 0.311 e. The normalized spacial score (nSPS) is 15.2. The molecule has 0 aliphatic carbocycles. The van der Waals surface area contributed by atoms with Crippen molar-refractivity contribution in [2.24, 2.45) is 0 Å². The molecule has 0 spiro atoms. The summed E-state index contributed by atoms with van der Waals surface area (Å²) in [6, 6.07) is 101. The Morgan fingerprint density at radius 2 is 0.658 bits per heavy atom. The molecule has 8 heteroatoms. The second-order valence-electron chi connectivity index (χ2n) is 19.2. The minimum Gasteiger partial charge on any atom is -0.311 e. The molecular formula is C68H46N5PSi2. The van der Waals surface area contributed by atoms with Gasteiger partial charge in [-0.1, -0.05) is 218 Å². The lowest BCUT2D eigenvalue weighted by Crippen LogP contribution is -2.77. The Morgan fingerprint density at radius 1 is 0.355 bits per heavy atom. The quantitative estimate of drug-likeness (QED) is 0.0865. The fourth-order valence-electron chi connectivity index (χ4n) is 12.6. The molecule has 10 aromatic rings. The van der Waals surface area contributed by atoms with Crippen molar-refractivity contribution >= 4 is 115 Å². The van der Waals surface area contributed by atoms with Crippen molar-refractivity contribution in [2.45, 2.75) is 0 Å². The summed E-state index contributed by atoms with van der Waals surface area (Å²) < 4.78 is 0. The van der Waals surface area contributed by atoms with Gasteiger partial charge < -0.3 is 9.80 Å². The molecule has 0 amide bonds. The van der Waals surface area contributed by atoms with Gasteiger partial charge >= 0.3 is 0 Å². The first-order chi connectivity index (χ1) is 37.6. The molecule has 0 N–H and O–H groups in total. The van der Waals surface area contributed by atoms with Crippen LogP contribution in [0.5, 0.6) is 0 Å². The number of fused-ring (bicyclic) bond motifs is 4. The van der Waals surface area contributed by atoms with Crippen LogP contribution >= 0.6 is 6.89 Å². The predicted octanol–water partition coefficient (Wildman–Crippen LogP) is 9.90. The summed E-state index contributed by atoms with van der Waals surface area (Å²) in [7, 11) is -5.66. The van der Waals surface area contributed by atoms with Crippen molar-refractivity contribution < 1.29 is 0 Å². The lowest BCUT2D eigenvalue weighted by molar-refractivity contribution is 1.29. The maximum absolute atomic E-state index is 11.3. The zero-order valence-corrected chi connectivity index (χ0v) is 44.1. The molecule has 0 atom stereocenters. The van der Waals surface area contributed by atoms with Gasteiger partial charge in [0, 0.05) is 46.6 Å². The van der Waals surface area contributed by atoms with Gasteiger partial charge in [0.1, 0.15) is 0 Å². The molecule has 0 saturated carbocycles. The van der Waals surface area contributed by atoms with Gasteiger partial charge in [-0.2, -0.15) is 10.5 Å². The fraction of sp³-hybridized carbons (Fsp3) is 0. The van der Waals surface area contributed by atoms with E-state index in [0.717, 1.165) is 44.7 Å². The van der Waals surface area contributed by atoms with E-state index in [9.17, 15) is 10.5 Å². The molecule has 13 rings (SSSR count). The van der Waals surface area contributed by atoms with E-state index in [1.807, 2.05) is 0 Å². The molecule has 3 aliphatic rings. The molecule has 5 nitrogen and oxygen atoms in total. The predicted molar refractivity (Wildman–Crippen MR) is 322 cm³/mol. The molecule has 0 aromatic heterocycles. The molecule has 3 aliphatic heterocycles. The zero-order valence-electron chi connectivity index (χ0n) is 41.2. The van der Waals surface area contributed by atoms with Crippen LogP contribution in [-0.4, -0.2) is 21.6 Å². The fourth-order valence-corrected chi connectivity index (χ4v) is 26.6. The number of allylic oxidation sites excluding steroid dienone is 3. The van der Waals surface area contributed by atoms with Crippen molar-refractivity contribution in [1.29, 1.82) is 10.5 Å². The summed E-state index contributed by atoms with van der Waals surface area (Å²) in [6.07, 6.45) is 3.40. The first kappa shape index (κ1) is 46.3. The van der Waals surface area contributed by atoms with Crippen LogP contribution in [0.25, 0.3) is 4.85 Å². The third-order valence-corrected chi connectivity index (χ3v) is 29.4. The summed E-state index contributed by atoms with van der Waals surface area (Å²) in [5.41, 5.74) is 7.09. The Labute approximate surface area is 445 Å². The van der Waals surface area contributed by atoms with Crippen LogP contribution in [0.1, 0.15) is 0 Å². The van der Waals surface area contributed by atoms with Crippen LogP contribution in [0.2, 0.25) is 0 Å². The summed E-state index contributed by atoms with van der Waals surface area (Å²) in [5, 5.41) is 34.1. The summed E-state index contributed by atoms with van der Waals surface area (Å²) in [6.45, 7) is 5.65. The third-order valence-electron chi connectivity index (χ3n) is 15.7. The number of hydrogen-bond donors (Lipinski definition) is 0. The van der Waals surface area contributed by atoms with Gasteiger partial charge in [0.05, 0.1) is 24.0 Å². The number of para-hydroxylation sites is 4. The molecule has 0 fully saturated rings. The Kier molecular flexibility index (Phi) is 11.4. The smallest absolute Gasteiger partial charge is 0.196 e. The van der Waals surface area contributed by atoms with Gasteiger partial charge in [-0.25, -0.2) is 4.85 Å². The first-order valence-corrected chi connectivity index (χ1v) is 31.2. The van der Waals surface area contributed by atoms with Crippen LogP contribution in [0.15, 0.2) is 290 Å². The van der Waals surface area contributed by atoms with Crippen molar-refractivity contribution in [3.05, 3.63) is 301 Å². The first-order valence-electron chi connectivity index (χ1n) is 25.4. The Balaban J connectivity index is 0.972. The van der Waals surface area contributed by atoms with Gasteiger partial charge in [0.25, 0.3) is 0 Å². The Morgan fingerprint density at radius 3 is 0.947 bits per heavy atom. The van der Waals surface area contributed by atoms with Gasteiger partial charge in [-0.15, -0.1) is 0 Å². The minimum absolute atomic E-state index is 0.295. The lowest BCUT2D eigenvalue weighted by Gasteiger charge is -2.45. The van der Waals surface area contributed by atoms with Crippen LogP contribution in [0.3, 0.4) is 0 Å². The lowest BCUT2D eigenvalue weighted by atomic mass is 10.1. The monoisotopic (exact) mass is 1020 g/mol. The molecule has 0 saturated heterocycles. The highest BCUT2D eigenvalue weighted by Crippen LogP contribution is 2.58. The number of rotatable bonds is 8. The standard InChI is InChI=1S/C68H46N5PSi2/c1-71-68-47-50(48-69)46-55(49-70)74(68,53-42-38-51(39-43-53)72-60-30-14-18-34-64(60)75(56-22-6-2-7-23-56,57-24-8-3-9-25-57)65-35-19-15-31-61(65)72)54-44-40-52(41-45-54)73-62-32-16-20-36-66(62)76(58-26-10-4-11-27-58,59-28-12-5-13-29-59)67-37-21-17-33-63(67)73/h2-47H. The molecule has 0 radical (unpaired) electrons. The number of benzene rings is 10. The highest BCUT2D eigenvalue weighted by molar-refractivity contribution is 7.93. The molecule has 10 aromatic carbocycles. The molecule has 3 heterocycles. The van der Waals surface area contributed by atoms with Gasteiger partial charge in [0.15, 0.2) is 21.6 Å². The second-order valence-corrected chi connectivity index (χ2v) is 30.0. The second kappa shape index (κ2) is 18.8. The van der Waals surface area contributed by atoms with E-state index < -0.39 is 23.0 Å². The summed E-state index contributed by atoms with van der Waals surface area (Å²) >= 11 is 0. The number of nitriles is 2. The number of hydrogen-bond acceptors (Lipinski definition) is 4. The van der Waals surface area contributed by atoms with E-state index in [0.29, 0.717) is 16.3 Å². The van der Waals surface area contributed by atoms with Gasteiger partial charge in [-0.3, -0.25) is 0 Å². The van der Waals surface area contributed by atoms with Gasteiger partial charge in [0.2, 0.25) is 0 Å². The van der Waals surface area contributed by atoms with Crippen LogP contribution in [0.4, 0.5) is 34.1 Å².